The number of carbonyl (C=O) groups is 4. The number of nitrogens with zero attached hydrogens (tertiary/aromatic N) is 1. The minimum Gasteiger partial charge on any atom is -0.465 e. The molecule has 34 heavy (non-hydrogen) atoms. The van der Waals surface area contributed by atoms with Gasteiger partial charge in [0.25, 0.3) is 5.91 Å². The summed E-state index contributed by atoms with van der Waals surface area (Å²) in [4.78, 5) is 51.1. The van der Waals surface area contributed by atoms with Crippen molar-refractivity contribution >= 4 is 52.8 Å². The molecule has 0 spiro atoms. The van der Waals surface area contributed by atoms with Crippen molar-refractivity contribution in [2.24, 2.45) is 0 Å². The number of anilines is 1. The molecule has 11 heteroatoms. The Hall–Kier alpha value is -2.43. The zero-order valence-electron chi connectivity index (χ0n) is 19.3. The minimum absolute atomic E-state index is 0.0172. The Balaban J connectivity index is 2.41. The first-order valence-corrected chi connectivity index (χ1v) is 12.2. The van der Waals surface area contributed by atoms with Crippen LogP contribution in [0.25, 0.3) is 0 Å². The summed E-state index contributed by atoms with van der Waals surface area (Å²) in [6.45, 7) is 4.83. The van der Waals surface area contributed by atoms with E-state index in [1.165, 1.54) is 6.07 Å². The molecule has 0 fully saturated rings. The van der Waals surface area contributed by atoms with Gasteiger partial charge in [0.1, 0.15) is 5.82 Å². The van der Waals surface area contributed by atoms with Crippen LogP contribution >= 0.6 is 23.4 Å². The van der Waals surface area contributed by atoms with Crippen LogP contribution in [0.1, 0.15) is 46.5 Å². The summed E-state index contributed by atoms with van der Waals surface area (Å²) in [7, 11) is 0. The normalized spacial score (nSPS) is 13.4. The third kappa shape index (κ3) is 7.28. The average molecular weight is 516 g/mol. The molecule has 2 amide bonds. The SMILES string of the molecule is CCOCOC(=O)C1=C(C(=O)N(C(C)=O)c2cc(SCC(=O)OCC)c(Cl)cc2F)CCCC1. The summed E-state index contributed by atoms with van der Waals surface area (Å²) in [5.74, 6) is -3.73. The third-order valence-electron chi connectivity index (χ3n) is 4.86. The molecule has 1 aliphatic rings. The van der Waals surface area contributed by atoms with Gasteiger partial charge < -0.3 is 14.2 Å². The molecule has 0 radical (unpaired) electrons. The monoisotopic (exact) mass is 515 g/mol. The largest absolute Gasteiger partial charge is 0.465 e. The fraction of sp³-hybridized carbons (Fsp3) is 0.478. The Labute approximate surface area is 206 Å². The molecule has 0 unspecified atom stereocenters. The van der Waals surface area contributed by atoms with E-state index in [0.29, 0.717) is 35.7 Å². The molecule has 8 nitrogen and oxygen atoms in total. The van der Waals surface area contributed by atoms with Crippen molar-refractivity contribution in [1.29, 1.82) is 0 Å². The lowest BCUT2D eigenvalue weighted by Crippen LogP contribution is -2.38. The van der Waals surface area contributed by atoms with Crippen LogP contribution in [-0.4, -0.2) is 49.5 Å². The van der Waals surface area contributed by atoms with Gasteiger partial charge in [0.15, 0.2) is 6.79 Å². The molecular formula is C23H27ClFNO7S. The van der Waals surface area contributed by atoms with Crippen molar-refractivity contribution in [3.8, 4) is 0 Å². The number of amides is 2. The molecule has 1 aliphatic carbocycles. The van der Waals surface area contributed by atoms with Crippen LogP contribution in [0.15, 0.2) is 28.2 Å². The van der Waals surface area contributed by atoms with Gasteiger partial charge >= 0.3 is 11.9 Å². The molecule has 186 valence electrons. The molecule has 1 aromatic rings. The van der Waals surface area contributed by atoms with E-state index < -0.39 is 29.6 Å². The Bertz CT molecular complexity index is 982. The number of esters is 2. The standard InChI is InChI=1S/C23H27ClFNO7S/c1-4-31-13-33-23(30)16-9-7-6-8-15(16)22(29)26(14(3)27)19-11-20(17(24)10-18(19)25)34-12-21(28)32-5-2/h10-11H,4-9,12-13H2,1-3H3. The lowest BCUT2D eigenvalue weighted by Gasteiger charge is -2.25. The molecule has 0 heterocycles. The summed E-state index contributed by atoms with van der Waals surface area (Å²) < 4.78 is 29.9. The van der Waals surface area contributed by atoms with Gasteiger partial charge in [-0.2, -0.15) is 0 Å². The number of halogens is 2. The van der Waals surface area contributed by atoms with Crippen LogP contribution in [-0.2, 0) is 33.4 Å². The number of carbonyl (C=O) groups excluding carboxylic acids is 4. The third-order valence-corrected chi connectivity index (χ3v) is 6.31. The first-order valence-electron chi connectivity index (χ1n) is 10.8. The fourth-order valence-corrected chi connectivity index (χ4v) is 4.39. The molecule has 0 aromatic heterocycles. The number of ether oxygens (including phenoxy) is 3. The van der Waals surface area contributed by atoms with Crippen molar-refractivity contribution in [2.45, 2.75) is 51.3 Å². The maximum atomic E-state index is 14.9. The summed E-state index contributed by atoms with van der Waals surface area (Å²) in [5.41, 5.74) is -0.0834. The topological polar surface area (TPSA) is 99.2 Å². The maximum absolute atomic E-state index is 14.9. The quantitative estimate of drug-likeness (QED) is 0.195. The van der Waals surface area contributed by atoms with Crippen molar-refractivity contribution < 1.29 is 37.8 Å². The van der Waals surface area contributed by atoms with E-state index in [1.54, 1.807) is 13.8 Å². The van der Waals surface area contributed by atoms with Crippen molar-refractivity contribution in [2.75, 3.05) is 30.7 Å². The highest BCUT2D eigenvalue weighted by Crippen LogP contribution is 2.36. The number of hydrogen-bond donors (Lipinski definition) is 0. The summed E-state index contributed by atoms with van der Waals surface area (Å²) >= 11 is 7.10. The Morgan fingerprint density at radius 3 is 2.35 bits per heavy atom. The van der Waals surface area contributed by atoms with Gasteiger partial charge in [-0.15, -0.1) is 11.8 Å². The van der Waals surface area contributed by atoms with Crippen LogP contribution in [0, 0.1) is 5.82 Å². The van der Waals surface area contributed by atoms with E-state index in [9.17, 15) is 23.6 Å². The van der Waals surface area contributed by atoms with E-state index in [-0.39, 0.29) is 47.4 Å². The first kappa shape index (κ1) is 27.8. The Morgan fingerprint density at radius 1 is 1.06 bits per heavy atom. The van der Waals surface area contributed by atoms with Crippen LogP contribution in [0.2, 0.25) is 5.02 Å². The highest BCUT2D eigenvalue weighted by atomic mass is 35.5. The lowest BCUT2D eigenvalue weighted by atomic mass is 9.90. The van der Waals surface area contributed by atoms with Crippen LogP contribution in [0.4, 0.5) is 10.1 Å². The molecule has 0 atom stereocenters. The zero-order chi connectivity index (χ0) is 25.3. The molecule has 0 bridgehead atoms. The number of thioether (sulfide) groups is 1. The van der Waals surface area contributed by atoms with Crippen molar-refractivity contribution in [3.05, 3.63) is 34.1 Å². The van der Waals surface area contributed by atoms with Crippen LogP contribution in [0.5, 0.6) is 0 Å². The van der Waals surface area contributed by atoms with Gasteiger partial charge in [0.2, 0.25) is 5.91 Å². The average Bonchev–Trinajstić information content (AvgIpc) is 2.79. The van der Waals surface area contributed by atoms with E-state index in [4.69, 9.17) is 25.8 Å². The molecule has 1 aromatic carbocycles. The summed E-state index contributed by atoms with van der Waals surface area (Å²) in [6.07, 6.45) is 1.82. The van der Waals surface area contributed by atoms with E-state index >= 15 is 0 Å². The predicted octanol–water partition coefficient (Wildman–Crippen LogP) is 4.42. The minimum atomic E-state index is -0.897. The van der Waals surface area contributed by atoms with Gasteiger partial charge in [-0.05, 0) is 51.7 Å². The van der Waals surface area contributed by atoms with Gasteiger partial charge in [-0.3, -0.25) is 14.4 Å². The maximum Gasteiger partial charge on any atom is 0.336 e. The predicted molar refractivity (Wildman–Crippen MR) is 125 cm³/mol. The molecular weight excluding hydrogens is 489 g/mol. The highest BCUT2D eigenvalue weighted by Gasteiger charge is 2.32. The van der Waals surface area contributed by atoms with Gasteiger partial charge in [0, 0.05) is 29.6 Å². The lowest BCUT2D eigenvalue weighted by molar-refractivity contribution is -0.151. The van der Waals surface area contributed by atoms with Crippen LogP contribution in [0.3, 0.4) is 0 Å². The van der Waals surface area contributed by atoms with Crippen molar-refractivity contribution in [1.82, 2.24) is 0 Å². The second-order valence-corrected chi connectivity index (χ2v) is 8.62. The second kappa shape index (κ2) is 13.5. The molecule has 0 aliphatic heterocycles. The van der Waals surface area contributed by atoms with Crippen LogP contribution < -0.4 is 4.90 Å². The summed E-state index contributed by atoms with van der Waals surface area (Å²) in [6, 6.07) is 2.21. The Morgan fingerprint density at radius 2 is 1.74 bits per heavy atom. The fourth-order valence-electron chi connectivity index (χ4n) is 3.33. The van der Waals surface area contributed by atoms with Gasteiger partial charge in [0.05, 0.1) is 23.1 Å². The van der Waals surface area contributed by atoms with Crippen molar-refractivity contribution in [3.63, 3.8) is 0 Å². The summed E-state index contributed by atoms with van der Waals surface area (Å²) in [5, 5.41) is 0.0172. The highest BCUT2D eigenvalue weighted by molar-refractivity contribution is 8.00. The number of imide groups is 1. The smallest absolute Gasteiger partial charge is 0.336 e. The van der Waals surface area contributed by atoms with E-state index in [2.05, 4.69) is 0 Å². The molecule has 2 rings (SSSR count). The number of benzene rings is 1. The molecule has 0 saturated heterocycles. The second-order valence-electron chi connectivity index (χ2n) is 7.19. The number of rotatable bonds is 10. The Kier molecular flexibility index (Phi) is 11.0. The zero-order valence-corrected chi connectivity index (χ0v) is 20.9. The van der Waals surface area contributed by atoms with E-state index in [0.717, 1.165) is 24.8 Å². The number of hydrogen-bond acceptors (Lipinski definition) is 8. The van der Waals surface area contributed by atoms with Gasteiger partial charge in [-0.1, -0.05) is 11.6 Å². The van der Waals surface area contributed by atoms with E-state index in [1.807, 2.05) is 0 Å². The first-order chi connectivity index (χ1) is 16.2. The van der Waals surface area contributed by atoms with Gasteiger partial charge in [-0.25, -0.2) is 14.1 Å². The molecule has 0 N–H and O–H groups in total. The molecule has 0 saturated carbocycles.